The standard InChI is InChI=1S/C30H39FN4O4/c1-20-19-35(38)26(17-22-10-14-25(31)15-11-22)29(36)32-16-6-8-23-7-4-5-9-27(23)39-21(2)18-33-28(24-12-13-24)30(37)34(20)3/h4-5,7,9-11,14-15,20-21,24,26,28,33H,6,8,12-13,16-19H2,1-3H3/p+1. The second-order valence-electron chi connectivity index (χ2n) is 10.9. The van der Waals surface area contributed by atoms with Gasteiger partial charge in [-0.25, -0.2) is 4.39 Å². The van der Waals surface area contributed by atoms with Gasteiger partial charge < -0.3 is 20.3 Å². The van der Waals surface area contributed by atoms with Crippen LogP contribution < -0.4 is 15.4 Å². The van der Waals surface area contributed by atoms with Crippen LogP contribution in [0.4, 0.5) is 4.39 Å². The molecule has 9 heteroatoms. The van der Waals surface area contributed by atoms with Crippen molar-refractivity contribution in [3.63, 3.8) is 0 Å². The van der Waals surface area contributed by atoms with Gasteiger partial charge in [-0.3, -0.25) is 9.59 Å². The van der Waals surface area contributed by atoms with E-state index in [4.69, 9.17) is 4.74 Å². The second kappa shape index (κ2) is 13.2. The summed E-state index contributed by atoms with van der Waals surface area (Å²) in [6.07, 6.45) is 3.34. The quantitative estimate of drug-likeness (QED) is 0.585. The molecule has 1 fully saturated rings. The van der Waals surface area contributed by atoms with Crippen LogP contribution in [0.2, 0.25) is 0 Å². The number of hydrogen-bond donors (Lipinski definition) is 2. The minimum atomic E-state index is -1.01. The van der Waals surface area contributed by atoms with Crippen molar-refractivity contribution < 1.29 is 23.5 Å². The van der Waals surface area contributed by atoms with Crippen LogP contribution >= 0.6 is 0 Å². The van der Waals surface area contributed by atoms with Gasteiger partial charge in [0.05, 0.1) is 12.1 Å². The van der Waals surface area contributed by atoms with Gasteiger partial charge >= 0.3 is 0 Å². The highest BCUT2D eigenvalue weighted by Crippen LogP contribution is 2.33. The number of nitrogens with zero attached hydrogens (tertiary/aromatic N) is 2. The number of halogens is 1. The fourth-order valence-corrected chi connectivity index (χ4v) is 4.99. The van der Waals surface area contributed by atoms with Gasteiger partial charge in [0.1, 0.15) is 17.7 Å². The molecule has 4 atom stereocenters. The smallest absolute Gasteiger partial charge is 0.293 e. The molecule has 8 nitrogen and oxygen atoms in total. The first-order valence-corrected chi connectivity index (χ1v) is 13.9. The molecule has 1 heterocycles. The lowest BCUT2D eigenvalue weighted by Gasteiger charge is -2.29. The van der Waals surface area contributed by atoms with Crippen LogP contribution in [0.1, 0.15) is 44.2 Å². The highest BCUT2D eigenvalue weighted by molar-refractivity contribution is 5.83. The zero-order valence-corrected chi connectivity index (χ0v) is 23.1. The van der Waals surface area contributed by atoms with Crippen molar-refractivity contribution in [3.05, 3.63) is 70.4 Å². The van der Waals surface area contributed by atoms with Crippen LogP contribution in [0, 0.1) is 16.6 Å². The maximum absolute atomic E-state index is 13.5. The SMILES string of the molecule is CC1CNC(C2CC2)C(=O)N(C)C(C)C[N+](=O)C(Cc2ccc(F)cc2)C(=O)NCCCc2ccccc2O1. The van der Waals surface area contributed by atoms with E-state index in [1.165, 1.54) is 12.1 Å². The normalized spacial score (nSPS) is 26.2. The van der Waals surface area contributed by atoms with E-state index in [1.54, 1.807) is 24.1 Å². The third-order valence-electron chi connectivity index (χ3n) is 7.65. The molecule has 39 heavy (non-hydrogen) atoms. The molecular formula is C30H40FN4O4+. The number of hydrogen-bond acceptors (Lipinski definition) is 5. The number of aryl methyl sites for hydroxylation is 1. The molecule has 2 aromatic carbocycles. The van der Waals surface area contributed by atoms with Gasteiger partial charge in [-0.05, 0) is 74.8 Å². The van der Waals surface area contributed by atoms with Crippen LogP contribution in [-0.4, -0.2) is 72.4 Å². The van der Waals surface area contributed by atoms with E-state index in [-0.39, 0.29) is 48.7 Å². The molecule has 2 amide bonds. The molecule has 0 saturated heterocycles. The van der Waals surface area contributed by atoms with Gasteiger partial charge in [0, 0.05) is 36.2 Å². The van der Waals surface area contributed by atoms with Gasteiger partial charge in [-0.15, -0.1) is 0 Å². The van der Waals surface area contributed by atoms with Gasteiger partial charge in [-0.1, -0.05) is 30.3 Å². The Bertz CT molecular complexity index is 1150. The van der Waals surface area contributed by atoms with Gasteiger partial charge in [-0.2, -0.15) is 0 Å². The number of nitrogens with one attached hydrogen (secondary N) is 2. The number of amides is 2. The van der Waals surface area contributed by atoms with Crippen LogP contribution in [0.3, 0.4) is 0 Å². The van der Waals surface area contributed by atoms with Crippen molar-refractivity contribution in [2.75, 3.05) is 26.7 Å². The summed E-state index contributed by atoms with van der Waals surface area (Å²) in [5.74, 6) is 0.230. The van der Waals surface area contributed by atoms with Gasteiger partial charge in [0.2, 0.25) is 12.5 Å². The van der Waals surface area contributed by atoms with E-state index in [1.807, 2.05) is 38.1 Å². The number of ether oxygens (including phenoxy) is 1. The Hall–Kier alpha value is -3.33. The number of rotatable bonds is 3. The molecule has 2 aromatic rings. The molecule has 1 aliphatic carbocycles. The molecule has 0 aromatic heterocycles. The molecule has 4 unspecified atom stereocenters. The molecule has 2 aliphatic rings. The van der Waals surface area contributed by atoms with E-state index in [9.17, 15) is 18.9 Å². The van der Waals surface area contributed by atoms with Crippen LogP contribution in [-0.2, 0) is 22.4 Å². The number of nitroso groups, excluding NO2 is 1. The Balaban J connectivity index is 1.56. The largest absolute Gasteiger partial charge is 0.489 e. The summed E-state index contributed by atoms with van der Waals surface area (Å²) >= 11 is 0. The number of para-hydroxylation sites is 1. The van der Waals surface area contributed by atoms with Gasteiger partial charge in [0.25, 0.3) is 11.9 Å². The Kier molecular flexibility index (Phi) is 9.67. The number of carbonyl (C=O) groups is 2. The Morgan fingerprint density at radius 3 is 2.51 bits per heavy atom. The first-order valence-electron chi connectivity index (χ1n) is 13.9. The predicted octanol–water partition coefficient (Wildman–Crippen LogP) is 3.26. The monoisotopic (exact) mass is 539 g/mol. The molecular weight excluding hydrogens is 499 g/mol. The second-order valence-corrected chi connectivity index (χ2v) is 10.9. The van der Waals surface area contributed by atoms with Gasteiger partial charge in [0.15, 0.2) is 0 Å². The third kappa shape index (κ3) is 7.85. The summed E-state index contributed by atoms with van der Waals surface area (Å²) in [7, 11) is 1.71. The summed E-state index contributed by atoms with van der Waals surface area (Å²) < 4.78 is 20.5. The topological polar surface area (TPSA) is 90.8 Å². The molecule has 210 valence electrons. The number of carbonyl (C=O) groups excluding carboxylic acids is 2. The molecule has 1 saturated carbocycles. The summed E-state index contributed by atoms with van der Waals surface area (Å²) in [6, 6.07) is 11.9. The van der Waals surface area contributed by atoms with Crippen molar-refractivity contribution in [1.82, 2.24) is 15.5 Å². The highest BCUT2D eigenvalue weighted by atomic mass is 19.1. The highest BCUT2D eigenvalue weighted by Gasteiger charge is 2.41. The summed E-state index contributed by atoms with van der Waals surface area (Å²) in [4.78, 5) is 41.7. The Morgan fingerprint density at radius 1 is 1.08 bits per heavy atom. The number of fused-ring (bicyclic) bond motifs is 1. The fourth-order valence-electron chi connectivity index (χ4n) is 4.99. The summed E-state index contributed by atoms with van der Waals surface area (Å²) in [5.41, 5.74) is 1.73. The lowest BCUT2D eigenvalue weighted by Crippen LogP contribution is -2.53. The van der Waals surface area contributed by atoms with Crippen molar-refractivity contribution in [1.29, 1.82) is 0 Å². The summed E-state index contributed by atoms with van der Waals surface area (Å²) in [6.45, 7) is 4.70. The predicted molar refractivity (Wildman–Crippen MR) is 147 cm³/mol. The first-order chi connectivity index (χ1) is 18.7. The molecule has 4 rings (SSSR count). The first kappa shape index (κ1) is 28.7. The zero-order valence-electron chi connectivity index (χ0n) is 23.1. The average molecular weight is 540 g/mol. The van der Waals surface area contributed by atoms with E-state index in [2.05, 4.69) is 10.6 Å². The van der Waals surface area contributed by atoms with Crippen molar-refractivity contribution in [3.8, 4) is 5.75 Å². The molecule has 0 radical (unpaired) electrons. The fraction of sp³-hybridized carbons (Fsp3) is 0.533. The van der Waals surface area contributed by atoms with Crippen molar-refractivity contribution in [2.45, 2.75) is 70.2 Å². The maximum atomic E-state index is 13.5. The molecule has 1 aliphatic heterocycles. The van der Waals surface area contributed by atoms with E-state index < -0.39 is 12.1 Å². The zero-order chi connectivity index (χ0) is 27.9. The van der Waals surface area contributed by atoms with E-state index >= 15 is 0 Å². The van der Waals surface area contributed by atoms with Crippen LogP contribution in [0.25, 0.3) is 0 Å². The molecule has 2 N–H and O–H groups in total. The molecule has 0 spiro atoms. The Morgan fingerprint density at radius 2 is 1.79 bits per heavy atom. The van der Waals surface area contributed by atoms with Crippen LogP contribution in [0.15, 0.2) is 48.5 Å². The Labute approximate surface area is 229 Å². The van der Waals surface area contributed by atoms with E-state index in [0.717, 1.165) is 28.9 Å². The van der Waals surface area contributed by atoms with Crippen LogP contribution in [0.5, 0.6) is 5.75 Å². The number of benzene rings is 2. The summed E-state index contributed by atoms with van der Waals surface area (Å²) in [5, 5.41) is 6.35. The maximum Gasteiger partial charge on any atom is 0.293 e. The van der Waals surface area contributed by atoms with Crippen molar-refractivity contribution >= 4 is 11.8 Å². The van der Waals surface area contributed by atoms with E-state index in [0.29, 0.717) is 31.5 Å². The third-order valence-corrected chi connectivity index (χ3v) is 7.65. The minimum absolute atomic E-state index is 0.0220. The molecule has 0 bridgehead atoms. The number of likely N-dealkylation sites (N-methyl/N-ethyl adjacent to an activating group) is 1. The lowest BCUT2D eigenvalue weighted by molar-refractivity contribution is -0.576. The lowest BCUT2D eigenvalue weighted by atomic mass is 10.0. The minimum Gasteiger partial charge on any atom is -0.489 e. The van der Waals surface area contributed by atoms with Crippen molar-refractivity contribution in [2.24, 2.45) is 5.92 Å². The average Bonchev–Trinajstić information content (AvgIpc) is 3.75.